The fraction of sp³-hybridized carbons (Fsp3) is 0.425. The van der Waals surface area contributed by atoms with Crippen molar-refractivity contribution in [2.24, 2.45) is 0 Å². The van der Waals surface area contributed by atoms with Crippen LogP contribution in [-0.4, -0.2) is 118 Å². The molecule has 1 amide bonds. The molecule has 0 N–H and O–H groups in total. The molecule has 1 saturated heterocycles. The molecule has 1 unspecified atom stereocenters. The van der Waals surface area contributed by atoms with E-state index in [1.165, 1.54) is 23.8 Å². The summed E-state index contributed by atoms with van der Waals surface area (Å²) in [6.07, 6.45) is 4.81. The van der Waals surface area contributed by atoms with Gasteiger partial charge in [-0.25, -0.2) is 4.79 Å². The molecule has 0 saturated carbocycles. The fourth-order valence-electron chi connectivity index (χ4n) is 6.40. The highest BCUT2D eigenvalue weighted by molar-refractivity contribution is 5.77. The van der Waals surface area contributed by atoms with Gasteiger partial charge in [0.2, 0.25) is 0 Å². The Bertz CT molecular complexity index is 2320. The van der Waals surface area contributed by atoms with E-state index in [-0.39, 0.29) is 30.3 Å². The molecule has 5 aromatic rings. The van der Waals surface area contributed by atoms with Gasteiger partial charge in [0, 0.05) is 56.5 Å². The van der Waals surface area contributed by atoms with Crippen molar-refractivity contribution < 1.29 is 38.0 Å². The van der Waals surface area contributed by atoms with Crippen LogP contribution in [0.25, 0.3) is 22.1 Å². The first-order chi connectivity index (χ1) is 27.4. The summed E-state index contributed by atoms with van der Waals surface area (Å²) in [6.45, 7) is 9.95. The van der Waals surface area contributed by atoms with Crippen molar-refractivity contribution in [3.8, 4) is 23.0 Å². The van der Waals surface area contributed by atoms with E-state index in [1.807, 2.05) is 26.8 Å². The van der Waals surface area contributed by atoms with E-state index in [2.05, 4.69) is 19.9 Å². The molecule has 2 aliphatic rings. The van der Waals surface area contributed by atoms with Crippen LogP contribution in [0.15, 0.2) is 70.6 Å². The van der Waals surface area contributed by atoms with Gasteiger partial charge in [0.15, 0.2) is 11.5 Å². The Balaban J connectivity index is 0.000000286. The van der Waals surface area contributed by atoms with Crippen LogP contribution < -0.4 is 30.1 Å². The summed E-state index contributed by atoms with van der Waals surface area (Å²) in [4.78, 5) is 64.9. The Hall–Kier alpha value is -6.07. The van der Waals surface area contributed by atoms with Crippen LogP contribution >= 0.6 is 0 Å². The zero-order valence-corrected chi connectivity index (χ0v) is 32.7. The topological polar surface area (TPSA) is 179 Å². The third-order valence-corrected chi connectivity index (χ3v) is 9.13. The van der Waals surface area contributed by atoms with Crippen molar-refractivity contribution in [3.63, 3.8) is 0 Å². The summed E-state index contributed by atoms with van der Waals surface area (Å²) >= 11 is 0. The van der Waals surface area contributed by atoms with Gasteiger partial charge in [0.25, 0.3) is 11.1 Å². The molecule has 7 heterocycles. The number of fused-ring (bicyclic) bond motifs is 3. The van der Waals surface area contributed by atoms with Gasteiger partial charge >= 0.3 is 6.09 Å². The van der Waals surface area contributed by atoms with E-state index in [9.17, 15) is 19.2 Å². The Labute approximate surface area is 328 Å². The molecule has 1 atom stereocenters. The molecular weight excluding hydrogens is 738 g/mol. The molecule has 0 aliphatic carbocycles. The van der Waals surface area contributed by atoms with Crippen molar-refractivity contribution in [1.29, 1.82) is 0 Å². The minimum atomic E-state index is -0.654. The second-order valence-corrected chi connectivity index (χ2v) is 14.3. The number of amides is 1. The summed E-state index contributed by atoms with van der Waals surface area (Å²) in [7, 11) is 3.10. The van der Waals surface area contributed by atoms with Gasteiger partial charge in [0.05, 0.1) is 92.9 Å². The third kappa shape index (κ3) is 10.4. The zero-order valence-electron chi connectivity index (χ0n) is 32.7. The normalized spacial score (nSPS) is 15.4. The number of ether oxygens (including phenoxy) is 6. The largest absolute Gasteiger partial charge is 0.495 e. The van der Waals surface area contributed by atoms with E-state index in [4.69, 9.17) is 28.4 Å². The quantitative estimate of drug-likeness (QED) is 0.178. The Morgan fingerprint density at radius 2 is 1.47 bits per heavy atom. The number of pyridine rings is 5. The van der Waals surface area contributed by atoms with Gasteiger partial charge in [-0.15, -0.1) is 0 Å². The van der Waals surface area contributed by atoms with Crippen LogP contribution in [0.2, 0.25) is 0 Å². The van der Waals surface area contributed by atoms with Gasteiger partial charge < -0.3 is 37.8 Å². The smallest absolute Gasteiger partial charge is 0.410 e. The second kappa shape index (κ2) is 18.3. The summed E-state index contributed by atoms with van der Waals surface area (Å²) in [6, 6.07) is 11.6. The molecule has 0 spiro atoms. The summed E-state index contributed by atoms with van der Waals surface area (Å²) in [5.74, 6) is 2.35. The monoisotopic (exact) mass is 785 g/mol. The first kappa shape index (κ1) is 40.6. The van der Waals surface area contributed by atoms with Crippen LogP contribution in [0.4, 0.5) is 4.79 Å². The van der Waals surface area contributed by atoms with Crippen molar-refractivity contribution >= 4 is 34.4 Å². The van der Waals surface area contributed by atoms with Crippen molar-refractivity contribution in [3.05, 3.63) is 87.5 Å². The Morgan fingerprint density at radius 3 is 2.11 bits per heavy atom. The van der Waals surface area contributed by atoms with Gasteiger partial charge in [0.1, 0.15) is 36.6 Å². The lowest BCUT2D eigenvalue weighted by atomic mass is 10.2. The molecular formula is C40H47N7O10. The lowest BCUT2D eigenvalue weighted by Crippen LogP contribution is -2.50. The number of carbonyl (C=O) groups excluding carboxylic acids is 2. The standard InChI is InChI=1S/C29H37N5O7.C11H10N2O3/c1-29(2,3)41-28(36)33(17-20-13-25-26(16-30-20)40-12-11-39-25)19-22-18-32(9-10-38-22)7-8-34-24-14-21(37-4)15-31-23(24)5-6-27(34)35;1-16-8-6-10-9(12-7-8)2-3-11(15)13(10)4-5-14/h5-6,13-16,22H,7-12,17-19H2,1-4H3;2-3,5-7H,4H2,1H3. The maximum atomic E-state index is 13.2. The Morgan fingerprint density at radius 1 is 0.842 bits per heavy atom. The number of hydrogen-bond donors (Lipinski definition) is 0. The van der Waals surface area contributed by atoms with Crippen LogP contribution in [0.1, 0.15) is 26.5 Å². The maximum absolute atomic E-state index is 13.2. The van der Waals surface area contributed by atoms with Gasteiger partial charge in [-0.05, 0) is 32.9 Å². The average Bonchev–Trinajstić information content (AvgIpc) is 3.20. The van der Waals surface area contributed by atoms with E-state index in [0.717, 1.165) is 11.0 Å². The predicted molar refractivity (Wildman–Crippen MR) is 209 cm³/mol. The van der Waals surface area contributed by atoms with Crippen LogP contribution in [0.5, 0.6) is 23.0 Å². The first-order valence-corrected chi connectivity index (χ1v) is 18.5. The van der Waals surface area contributed by atoms with Crippen LogP contribution in [0.3, 0.4) is 0 Å². The minimum absolute atomic E-state index is 0.0189. The SMILES string of the molecule is COc1cnc2ccc(=O)n(CC=O)c2c1.COc1cnc2ccc(=O)n(CCN3CCOC(CN(Cc4cc5c(cn4)OCCO5)C(=O)OC(C)(C)C)C3)c2c1. The molecule has 302 valence electrons. The fourth-order valence-corrected chi connectivity index (χ4v) is 6.40. The van der Waals surface area contributed by atoms with Crippen molar-refractivity contribution in [2.45, 2.75) is 52.1 Å². The molecule has 17 heteroatoms. The van der Waals surface area contributed by atoms with Crippen LogP contribution in [-0.2, 0) is 33.9 Å². The van der Waals surface area contributed by atoms with E-state index >= 15 is 0 Å². The highest BCUT2D eigenvalue weighted by Crippen LogP contribution is 2.30. The third-order valence-electron chi connectivity index (χ3n) is 9.13. The molecule has 57 heavy (non-hydrogen) atoms. The molecule has 17 nitrogen and oxygen atoms in total. The molecule has 0 radical (unpaired) electrons. The van der Waals surface area contributed by atoms with E-state index in [0.29, 0.717) is 98.6 Å². The number of hydrogen-bond acceptors (Lipinski definition) is 14. The number of aromatic nitrogens is 5. The molecule has 0 aromatic carbocycles. The first-order valence-electron chi connectivity index (χ1n) is 18.5. The van der Waals surface area contributed by atoms with Gasteiger partial charge in [-0.3, -0.25) is 38.9 Å². The zero-order chi connectivity index (χ0) is 40.5. The van der Waals surface area contributed by atoms with E-state index in [1.54, 1.807) is 59.4 Å². The minimum Gasteiger partial charge on any atom is -0.495 e. The lowest BCUT2D eigenvalue weighted by Gasteiger charge is -2.36. The second-order valence-electron chi connectivity index (χ2n) is 14.3. The number of methoxy groups -OCH3 is 2. The van der Waals surface area contributed by atoms with Gasteiger partial charge in [-0.1, -0.05) is 0 Å². The average molecular weight is 786 g/mol. The number of carbonyl (C=O) groups is 2. The summed E-state index contributed by atoms with van der Waals surface area (Å²) in [5, 5.41) is 0. The highest BCUT2D eigenvalue weighted by Gasteiger charge is 2.29. The molecule has 7 rings (SSSR count). The van der Waals surface area contributed by atoms with E-state index < -0.39 is 11.7 Å². The van der Waals surface area contributed by atoms with Crippen molar-refractivity contribution in [1.82, 2.24) is 33.9 Å². The predicted octanol–water partition coefficient (Wildman–Crippen LogP) is 3.31. The summed E-state index contributed by atoms with van der Waals surface area (Å²) < 4.78 is 36.5. The molecule has 0 bridgehead atoms. The number of rotatable bonds is 11. The molecule has 1 fully saturated rings. The number of morpholine rings is 1. The van der Waals surface area contributed by atoms with Crippen molar-refractivity contribution in [2.75, 3.05) is 60.2 Å². The summed E-state index contributed by atoms with van der Waals surface area (Å²) in [5.41, 5.74) is 2.39. The molecule has 2 aliphatic heterocycles. The maximum Gasteiger partial charge on any atom is 0.410 e. The highest BCUT2D eigenvalue weighted by atomic mass is 16.6. The number of nitrogens with zero attached hydrogens (tertiary/aromatic N) is 7. The number of aldehydes is 1. The molecule has 5 aromatic heterocycles. The van der Waals surface area contributed by atoms with Gasteiger partial charge in [-0.2, -0.15) is 0 Å². The lowest BCUT2D eigenvalue weighted by molar-refractivity contribution is -0.108. The van der Waals surface area contributed by atoms with Crippen LogP contribution in [0, 0.1) is 0 Å². The Kier molecular flexibility index (Phi) is 13.0.